The van der Waals surface area contributed by atoms with E-state index in [1.807, 2.05) is 19.9 Å². The van der Waals surface area contributed by atoms with Crippen molar-refractivity contribution in [2.24, 2.45) is 0 Å². The second-order valence-corrected chi connectivity index (χ2v) is 5.08. The smallest absolute Gasteiger partial charge is 0.124 e. The van der Waals surface area contributed by atoms with E-state index in [9.17, 15) is 9.50 Å². The van der Waals surface area contributed by atoms with Crippen LogP contribution in [0.4, 0.5) is 4.39 Å². The van der Waals surface area contributed by atoms with Crippen molar-refractivity contribution in [1.82, 2.24) is 4.98 Å². The van der Waals surface area contributed by atoms with E-state index in [0.717, 1.165) is 11.1 Å². The summed E-state index contributed by atoms with van der Waals surface area (Å²) in [6.07, 6.45) is 1.29. The molecule has 100 valence electrons. The van der Waals surface area contributed by atoms with E-state index in [2.05, 4.69) is 4.98 Å². The summed E-state index contributed by atoms with van der Waals surface area (Å²) in [5, 5.41) is 10.5. The second-order valence-electron chi connectivity index (χ2n) is 4.67. The molecule has 0 amide bonds. The molecule has 4 heteroatoms. The van der Waals surface area contributed by atoms with Crippen molar-refractivity contribution in [3.05, 3.63) is 63.7 Å². The van der Waals surface area contributed by atoms with Gasteiger partial charge in [-0.25, -0.2) is 4.39 Å². The first-order chi connectivity index (χ1) is 8.97. The Balaban J connectivity index is 2.23. The molecule has 0 spiro atoms. The molecule has 1 aromatic carbocycles. The van der Waals surface area contributed by atoms with Gasteiger partial charge in [0.2, 0.25) is 0 Å². The summed E-state index contributed by atoms with van der Waals surface area (Å²) in [6.45, 7) is 3.86. The molecule has 0 radical (unpaired) electrons. The minimum absolute atomic E-state index is 0.315. The Kier molecular flexibility index (Phi) is 4.17. The predicted molar refractivity (Wildman–Crippen MR) is 73.8 cm³/mol. The highest BCUT2D eigenvalue weighted by atomic mass is 35.5. The van der Waals surface area contributed by atoms with E-state index in [1.54, 1.807) is 12.3 Å². The van der Waals surface area contributed by atoms with Crippen LogP contribution in [0, 0.1) is 19.7 Å². The Bertz CT molecular complexity index is 601. The molecule has 19 heavy (non-hydrogen) atoms. The number of aliphatic hydroxyl groups is 1. The molecule has 0 aliphatic heterocycles. The summed E-state index contributed by atoms with van der Waals surface area (Å²) in [5.41, 5.74) is 3.32. The van der Waals surface area contributed by atoms with Crippen molar-refractivity contribution in [2.45, 2.75) is 26.4 Å². The molecule has 1 heterocycles. The zero-order chi connectivity index (χ0) is 14.0. The monoisotopic (exact) mass is 279 g/mol. The van der Waals surface area contributed by atoms with Crippen molar-refractivity contribution < 1.29 is 9.50 Å². The lowest BCUT2D eigenvalue weighted by Crippen LogP contribution is -2.07. The van der Waals surface area contributed by atoms with Crippen LogP contribution in [-0.2, 0) is 6.42 Å². The van der Waals surface area contributed by atoms with Crippen LogP contribution < -0.4 is 0 Å². The van der Waals surface area contributed by atoms with Gasteiger partial charge in [-0.1, -0.05) is 23.7 Å². The van der Waals surface area contributed by atoms with Gasteiger partial charge in [0.05, 0.1) is 5.69 Å². The third kappa shape index (κ3) is 3.31. The summed E-state index contributed by atoms with van der Waals surface area (Å²) in [5.74, 6) is -0.382. The number of aliphatic hydroxyl groups excluding tert-OH is 1. The van der Waals surface area contributed by atoms with Gasteiger partial charge in [0.15, 0.2) is 0 Å². The van der Waals surface area contributed by atoms with Gasteiger partial charge in [-0.05, 0) is 42.7 Å². The Labute approximate surface area is 116 Å². The molecule has 0 aliphatic carbocycles. The quantitative estimate of drug-likeness (QED) is 0.928. The number of aryl methyl sites for hydroxylation is 2. The van der Waals surface area contributed by atoms with Gasteiger partial charge in [0, 0.05) is 17.6 Å². The molecule has 0 saturated carbocycles. The minimum atomic E-state index is -0.747. The number of hydrogen-bond acceptors (Lipinski definition) is 2. The van der Waals surface area contributed by atoms with E-state index in [4.69, 9.17) is 11.6 Å². The number of nitrogens with zero attached hydrogens (tertiary/aromatic N) is 1. The molecule has 1 aromatic heterocycles. The van der Waals surface area contributed by atoms with Crippen LogP contribution in [0.5, 0.6) is 0 Å². The third-order valence-electron chi connectivity index (χ3n) is 3.00. The van der Waals surface area contributed by atoms with Gasteiger partial charge in [-0.15, -0.1) is 0 Å². The van der Waals surface area contributed by atoms with Crippen molar-refractivity contribution in [3.8, 4) is 0 Å². The van der Waals surface area contributed by atoms with Crippen molar-refractivity contribution >= 4 is 11.6 Å². The molecule has 0 saturated heterocycles. The lowest BCUT2D eigenvalue weighted by molar-refractivity contribution is 0.173. The zero-order valence-corrected chi connectivity index (χ0v) is 11.6. The summed E-state index contributed by atoms with van der Waals surface area (Å²) >= 11 is 5.95. The number of aromatic nitrogens is 1. The minimum Gasteiger partial charge on any atom is -0.386 e. The number of rotatable bonds is 3. The van der Waals surface area contributed by atoms with E-state index in [-0.39, 0.29) is 5.82 Å². The van der Waals surface area contributed by atoms with Crippen LogP contribution in [0.25, 0.3) is 0 Å². The number of pyridine rings is 1. The molecule has 0 aliphatic rings. The van der Waals surface area contributed by atoms with Crippen LogP contribution >= 0.6 is 11.6 Å². The zero-order valence-electron chi connectivity index (χ0n) is 10.8. The molecule has 2 nitrogen and oxygen atoms in total. The molecule has 1 atom stereocenters. The van der Waals surface area contributed by atoms with Gasteiger partial charge in [0.1, 0.15) is 11.9 Å². The fourth-order valence-electron chi connectivity index (χ4n) is 2.07. The highest BCUT2D eigenvalue weighted by Crippen LogP contribution is 2.25. The molecule has 1 unspecified atom stereocenters. The molecule has 1 N–H and O–H groups in total. The van der Waals surface area contributed by atoms with Gasteiger partial charge in [-0.3, -0.25) is 4.98 Å². The van der Waals surface area contributed by atoms with Gasteiger partial charge >= 0.3 is 0 Å². The molecular formula is C15H15ClFNO. The van der Waals surface area contributed by atoms with Crippen LogP contribution in [-0.4, -0.2) is 10.1 Å². The number of benzene rings is 1. The first-order valence-corrected chi connectivity index (χ1v) is 6.40. The SMILES string of the molecule is Cc1cnc(C(O)Cc2ccc(F)cc2Cl)c(C)c1. The fourth-order valence-corrected chi connectivity index (χ4v) is 2.31. The normalized spacial score (nSPS) is 12.5. The average Bonchev–Trinajstić information content (AvgIpc) is 2.32. The lowest BCUT2D eigenvalue weighted by atomic mass is 10.0. The summed E-state index contributed by atoms with van der Waals surface area (Å²) in [4.78, 5) is 4.25. The third-order valence-corrected chi connectivity index (χ3v) is 3.35. The van der Waals surface area contributed by atoms with Crippen LogP contribution in [0.3, 0.4) is 0 Å². The first-order valence-electron chi connectivity index (χ1n) is 6.02. The van der Waals surface area contributed by atoms with Crippen LogP contribution in [0.2, 0.25) is 5.02 Å². The van der Waals surface area contributed by atoms with E-state index >= 15 is 0 Å². The molecule has 2 rings (SSSR count). The van der Waals surface area contributed by atoms with E-state index < -0.39 is 6.10 Å². The maximum absolute atomic E-state index is 13.0. The van der Waals surface area contributed by atoms with E-state index in [0.29, 0.717) is 22.7 Å². The highest BCUT2D eigenvalue weighted by molar-refractivity contribution is 6.31. The van der Waals surface area contributed by atoms with Crippen molar-refractivity contribution in [3.63, 3.8) is 0 Å². The standard InChI is InChI=1S/C15H15ClFNO/c1-9-5-10(2)15(18-8-9)14(19)6-11-3-4-12(17)7-13(11)16/h3-5,7-8,14,19H,6H2,1-2H3. The first kappa shape index (κ1) is 14.0. The Morgan fingerprint density at radius 2 is 2.05 bits per heavy atom. The number of hydrogen-bond donors (Lipinski definition) is 1. The molecule has 0 fully saturated rings. The van der Waals surface area contributed by atoms with Crippen LogP contribution in [0.15, 0.2) is 30.5 Å². The Morgan fingerprint density at radius 3 is 2.68 bits per heavy atom. The topological polar surface area (TPSA) is 33.1 Å². The van der Waals surface area contributed by atoms with Gasteiger partial charge in [0.25, 0.3) is 0 Å². The fraction of sp³-hybridized carbons (Fsp3) is 0.267. The summed E-state index contributed by atoms with van der Waals surface area (Å²) in [6, 6.07) is 6.14. The summed E-state index contributed by atoms with van der Waals surface area (Å²) in [7, 11) is 0. The molecule has 0 bridgehead atoms. The molecule has 2 aromatic rings. The number of halogens is 2. The average molecular weight is 280 g/mol. The van der Waals surface area contributed by atoms with Crippen molar-refractivity contribution in [1.29, 1.82) is 0 Å². The largest absolute Gasteiger partial charge is 0.386 e. The van der Waals surface area contributed by atoms with Gasteiger partial charge in [-0.2, -0.15) is 0 Å². The predicted octanol–water partition coefficient (Wildman–Crippen LogP) is 3.77. The van der Waals surface area contributed by atoms with Gasteiger partial charge < -0.3 is 5.11 Å². The highest BCUT2D eigenvalue weighted by Gasteiger charge is 2.15. The Hall–Kier alpha value is -1.45. The summed E-state index contributed by atoms with van der Waals surface area (Å²) < 4.78 is 13.0. The maximum Gasteiger partial charge on any atom is 0.124 e. The van der Waals surface area contributed by atoms with E-state index in [1.165, 1.54) is 12.1 Å². The Morgan fingerprint density at radius 1 is 1.32 bits per heavy atom. The lowest BCUT2D eigenvalue weighted by Gasteiger charge is -2.14. The van der Waals surface area contributed by atoms with Crippen molar-refractivity contribution in [2.75, 3.05) is 0 Å². The van der Waals surface area contributed by atoms with Crippen LogP contribution in [0.1, 0.15) is 28.5 Å². The maximum atomic E-state index is 13.0. The second kappa shape index (κ2) is 5.68. The molecular weight excluding hydrogens is 265 g/mol.